The molecule has 1 aromatic heterocycles. The number of benzene rings is 1. The van der Waals surface area contributed by atoms with Crippen LogP contribution in [0.2, 0.25) is 0 Å². The van der Waals surface area contributed by atoms with Crippen LogP contribution >= 0.6 is 0 Å². The largest absolute Gasteiger partial charge is 0.507 e. The van der Waals surface area contributed by atoms with Gasteiger partial charge in [-0.05, 0) is 49.8 Å². The van der Waals surface area contributed by atoms with Crippen molar-refractivity contribution >= 4 is 23.4 Å². The molecule has 2 saturated heterocycles. The first-order valence-electron chi connectivity index (χ1n) is 13.7. The van der Waals surface area contributed by atoms with Crippen molar-refractivity contribution in [2.24, 2.45) is 0 Å². The molecule has 2 N–H and O–H groups in total. The molecule has 1 amide bonds. The van der Waals surface area contributed by atoms with E-state index in [4.69, 9.17) is 9.47 Å². The molecule has 2 aromatic rings. The number of aromatic amines is 1. The van der Waals surface area contributed by atoms with Crippen molar-refractivity contribution in [1.82, 2.24) is 14.8 Å². The lowest BCUT2D eigenvalue weighted by Crippen LogP contribution is -2.38. The number of aromatic nitrogens is 1. The second kappa shape index (κ2) is 12.2. The third kappa shape index (κ3) is 5.79. The fraction of sp³-hybridized carbons (Fsp3) is 0.500. The SMILES string of the molecule is CCOC(=O)c1[nH]c(C)c(C(O)=C2C(=O)C(=O)N(CCCN3CCOCC3)[C@H]2c2ccc(C(C)C)cc2)c1C. The number of hydrogen-bond donors (Lipinski definition) is 2. The Bertz CT molecular complexity index is 1250. The Kier molecular flexibility index (Phi) is 8.92. The molecule has 0 saturated carbocycles. The number of aliphatic hydroxyl groups excluding tert-OH is 1. The van der Waals surface area contributed by atoms with Gasteiger partial charge in [-0.25, -0.2) is 4.79 Å². The van der Waals surface area contributed by atoms with E-state index in [2.05, 4.69) is 23.7 Å². The Balaban J connectivity index is 1.75. The predicted octanol–water partition coefficient (Wildman–Crippen LogP) is 4.08. The monoisotopic (exact) mass is 537 g/mol. The molecule has 9 heteroatoms. The molecule has 3 heterocycles. The quantitative estimate of drug-likeness (QED) is 0.215. The van der Waals surface area contributed by atoms with Crippen LogP contribution in [0.3, 0.4) is 0 Å². The first kappa shape index (κ1) is 28.6. The van der Waals surface area contributed by atoms with Crippen LogP contribution < -0.4 is 0 Å². The van der Waals surface area contributed by atoms with Crippen LogP contribution in [0.5, 0.6) is 0 Å². The Morgan fingerprint density at radius 3 is 2.41 bits per heavy atom. The maximum absolute atomic E-state index is 13.5. The summed E-state index contributed by atoms with van der Waals surface area (Å²) in [6.45, 7) is 13.8. The minimum atomic E-state index is -0.740. The van der Waals surface area contributed by atoms with Gasteiger partial charge in [-0.3, -0.25) is 14.5 Å². The summed E-state index contributed by atoms with van der Waals surface area (Å²) in [6, 6.07) is 7.11. The van der Waals surface area contributed by atoms with E-state index in [0.29, 0.717) is 48.9 Å². The number of amides is 1. The van der Waals surface area contributed by atoms with Crippen LogP contribution in [0, 0.1) is 13.8 Å². The van der Waals surface area contributed by atoms with E-state index in [1.54, 1.807) is 25.7 Å². The summed E-state index contributed by atoms with van der Waals surface area (Å²) in [5, 5.41) is 11.6. The number of likely N-dealkylation sites (tertiary alicyclic amines) is 1. The number of carbonyl (C=O) groups is 3. The van der Waals surface area contributed by atoms with Gasteiger partial charge >= 0.3 is 5.97 Å². The molecule has 2 fully saturated rings. The molecule has 210 valence electrons. The number of aliphatic hydroxyl groups is 1. The highest BCUT2D eigenvalue weighted by Gasteiger charge is 2.46. The average molecular weight is 538 g/mol. The summed E-state index contributed by atoms with van der Waals surface area (Å²) in [6.07, 6.45) is 0.683. The minimum absolute atomic E-state index is 0.0317. The van der Waals surface area contributed by atoms with Crippen LogP contribution in [0.15, 0.2) is 29.8 Å². The van der Waals surface area contributed by atoms with Gasteiger partial charge in [0.1, 0.15) is 11.5 Å². The van der Waals surface area contributed by atoms with Crippen molar-refractivity contribution in [3.63, 3.8) is 0 Å². The van der Waals surface area contributed by atoms with Gasteiger partial charge in [0, 0.05) is 37.4 Å². The van der Waals surface area contributed by atoms with Crippen LogP contribution in [0.25, 0.3) is 5.76 Å². The molecule has 0 bridgehead atoms. The van der Waals surface area contributed by atoms with E-state index >= 15 is 0 Å². The number of ketones is 1. The number of H-pyrrole nitrogens is 1. The van der Waals surface area contributed by atoms with Crippen molar-refractivity contribution in [2.45, 2.75) is 53.0 Å². The molecule has 0 unspecified atom stereocenters. The Morgan fingerprint density at radius 1 is 1.13 bits per heavy atom. The van der Waals surface area contributed by atoms with E-state index in [9.17, 15) is 19.5 Å². The second-order valence-corrected chi connectivity index (χ2v) is 10.5. The minimum Gasteiger partial charge on any atom is -0.507 e. The summed E-state index contributed by atoms with van der Waals surface area (Å²) in [5.41, 5.74) is 3.46. The first-order valence-corrected chi connectivity index (χ1v) is 13.7. The molecule has 39 heavy (non-hydrogen) atoms. The lowest BCUT2D eigenvalue weighted by molar-refractivity contribution is -0.140. The highest BCUT2D eigenvalue weighted by atomic mass is 16.5. The molecule has 9 nitrogen and oxygen atoms in total. The number of Topliss-reactive ketones (excluding diaryl/α,β-unsaturated/α-hetero) is 1. The zero-order chi connectivity index (χ0) is 28.3. The normalized spacial score (nSPS) is 19.7. The third-order valence-electron chi connectivity index (χ3n) is 7.59. The van der Waals surface area contributed by atoms with Crippen molar-refractivity contribution in [3.05, 3.63) is 63.5 Å². The van der Waals surface area contributed by atoms with Crippen LogP contribution in [0.4, 0.5) is 0 Å². The predicted molar refractivity (Wildman–Crippen MR) is 148 cm³/mol. The zero-order valence-corrected chi connectivity index (χ0v) is 23.5. The standard InChI is InChI=1S/C30H39N3O6/c1-6-39-30(37)25-19(4)23(20(5)31-25)27(34)24-26(22-10-8-21(9-11-22)18(2)3)33(29(36)28(24)35)13-7-12-32-14-16-38-17-15-32/h8-11,18,26,31,34H,6-7,12-17H2,1-5H3/t26-/m0/s1. The molecule has 0 radical (unpaired) electrons. The van der Waals surface area contributed by atoms with E-state index < -0.39 is 23.7 Å². The number of nitrogens with zero attached hydrogens (tertiary/aromatic N) is 2. The van der Waals surface area contributed by atoms with Gasteiger partial charge in [-0.1, -0.05) is 38.1 Å². The number of esters is 1. The highest BCUT2D eigenvalue weighted by molar-refractivity contribution is 6.46. The third-order valence-corrected chi connectivity index (χ3v) is 7.59. The summed E-state index contributed by atoms with van der Waals surface area (Å²) in [5.74, 6) is -1.86. The van der Waals surface area contributed by atoms with Crippen molar-refractivity contribution < 1.29 is 29.0 Å². The van der Waals surface area contributed by atoms with Crippen molar-refractivity contribution in [1.29, 1.82) is 0 Å². The van der Waals surface area contributed by atoms with E-state index in [0.717, 1.165) is 30.8 Å². The molecule has 2 aliphatic heterocycles. The van der Waals surface area contributed by atoms with Gasteiger partial charge in [0.2, 0.25) is 0 Å². The number of morpholine rings is 1. The fourth-order valence-electron chi connectivity index (χ4n) is 5.46. The second-order valence-electron chi connectivity index (χ2n) is 10.5. The van der Waals surface area contributed by atoms with E-state index in [1.165, 1.54) is 0 Å². The van der Waals surface area contributed by atoms with E-state index in [1.807, 2.05) is 24.3 Å². The summed E-state index contributed by atoms with van der Waals surface area (Å²) in [4.78, 5) is 46.2. The van der Waals surface area contributed by atoms with Crippen molar-refractivity contribution in [3.8, 4) is 0 Å². The summed E-state index contributed by atoms with van der Waals surface area (Å²) in [7, 11) is 0. The molecule has 0 aliphatic carbocycles. The molecule has 1 aromatic carbocycles. The van der Waals surface area contributed by atoms with Gasteiger partial charge in [0.05, 0.1) is 31.4 Å². The van der Waals surface area contributed by atoms with E-state index in [-0.39, 0.29) is 23.6 Å². The molecular formula is C30H39N3O6. The van der Waals surface area contributed by atoms with Gasteiger partial charge in [-0.15, -0.1) is 0 Å². The highest BCUT2D eigenvalue weighted by Crippen LogP contribution is 2.41. The van der Waals surface area contributed by atoms with Gasteiger partial charge < -0.3 is 24.5 Å². The Hall–Kier alpha value is -3.43. The van der Waals surface area contributed by atoms with Gasteiger partial charge in [-0.2, -0.15) is 0 Å². The van der Waals surface area contributed by atoms with Crippen LogP contribution in [0.1, 0.15) is 77.6 Å². The summed E-state index contributed by atoms with van der Waals surface area (Å²) < 4.78 is 10.6. The lowest BCUT2D eigenvalue weighted by Gasteiger charge is -2.29. The number of aryl methyl sites for hydroxylation is 1. The zero-order valence-electron chi connectivity index (χ0n) is 23.5. The number of hydrogen-bond acceptors (Lipinski definition) is 7. The van der Waals surface area contributed by atoms with Crippen LogP contribution in [-0.2, 0) is 19.1 Å². The topological polar surface area (TPSA) is 112 Å². The first-order chi connectivity index (χ1) is 18.6. The molecule has 1 atom stereocenters. The number of carbonyl (C=O) groups excluding carboxylic acids is 3. The Morgan fingerprint density at radius 2 is 1.79 bits per heavy atom. The van der Waals surface area contributed by atoms with Gasteiger partial charge in [0.25, 0.3) is 11.7 Å². The lowest BCUT2D eigenvalue weighted by atomic mass is 9.92. The molecule has 2 aliphatic rings. The van der Waals surface area contributed by atoms with Crippen LogP contribution in [-0.4, -0.2) is 83.5 Å². The molecular weight excluding hydrogens is 498 g/mol. The van der Waals surface area contributed by atoms with Crippen molar-refractivity contribution in [2.75, 3.05) is 46.0 Å². The maximum Gasteiger partial charge on any atom is 0.355 e. The van der Waals surface area contributed by atoms with Gasteiger partial charge in [0.15, 0.2) is 0 Å². The number of ether oxygens (including phenoxy) is 2. The average Bonchev–Trinajstić information content (AvgIpc) is 3.36. The number of nitrogens with one attached hydrogen (secondary N) is 1. The molecule has 4 rings (SSSR count). The Labute approximate surface area is 229 Å². The smallest absolute Gasteiger partial charge is 0.355 e. The summed E-state index contributed by atoms with van der Waals surface area (Å²) >= 11 is 0. The number of rotatable bonds is 9. The fourth-order valence-corrected chi connectivity index (χ4v) is 5.46. The molecule has 0 spiro atoms. The maximum atomic E-state index is 13.5.